The Morgan fingerprint density at radius 1 is 1.37 bits per heavy atom. The van der Waals surface area contributed by atoms with Crippen molar-refractivity contribution in [3.8, 4) is 0 Å². The second kappa shape index (κ2) is 6.14. The zero-order valence-corrected chi connectivity index (χ0v) is 11.1. The first-order valence-electron chi connectivity index (χ1n) is 5.53. The minimum atomic E-state index is -0.00145. The Hall–Kier alpha value is -2.15. The number of nitrogens with two attached hydrogens (primary N) is 1. The number of aromatic nitrogens is 3. The number of hydrogen-bond acceptors (Lipinski definition) is 6. The molecule has 2 aromatic rings. The maximum atomic E-state index is 8.61. The summed E-state index contributed by atoms with van der Waals surface area (Å²) in [4.78, 5) is 12.5. The van der Waals surface area contributed by atoms with Crippen molar-refractivity contribution < 1.29 is 5.21 Å². The van der Waals surface area contributed by atoms with Crippen LogP contribution in [0.1, 0.15) is 16.8 Å². The molecule has 0 aliphatic carbocycles. The number of rotatable bonds is 4. The summed E-state index contributed by atoms with van der Waals surface area (Å²) in [7, 11) is 0. The predicted molar refractivity (Wildman–Crippen MR) is 73.1 cm³/mol. The quantitative estimate of drug-likeness (QED) is 0.219. The van der Waals surface area contributed by atoms with Gasteiger partial charge in [0.15, 0.2) is 11.0 Å². The van der Waals surface area contributed by atoms with Gasteiger partial charge >= 0.3 is 0 Å². The number of aryl methyl sites for hydroxylation is 1. The summed E-state index contributed by atoms with van der Waals surface area (Å²) in [6.07, 6.45) is 5.19. The molecule has 2 aromatic heterocycles. The first kappa shape index (κ1) is 13.3. The lowest BCUT2D eigenvalue weighted by molar-refractivity contribution is 0.318. The Labute approximate surface area is 114 Å². The lowest BCUT2D eigenvalue weighted by Crippen LogP contribution is -2.15. The number of hydrogen-bond donors (Lipinski definition) is 2. The van der Waals surface area contributed by atoms with Crippen LogP contribution in [0.2, 0.25) is 0 Å². The summed E-state index contributed by atoms with van der Waals surface area (Å²) in [5, 5.41) is 12.3. The van der Waals surface area contributed by atoms with Gasteiger partial charge in [0.25, 0.3) is 0 Å². The van der Waals surface area contributed by atoms with Gasteiger partial charge in [-0.15, -0.1) is 0 Å². The van der Waals surface area contributed by atoms with Crippen LogP contribution >= 0.6 is 11.8 Å². The van der Waals surface area contributed by atoms with Crippen molar-refractivity contribution in [1.29, 1.82) is 0 Å². The summed E-state index contributed by atoms with van der Waals surface area (Å²) in [6, 6.07) is 3.64. The molecule has 0 bridgehead atoms. The van der Waals surface area contributed by atoms with Crippen LogP contribution in [0.25, 0.3) is 0 Å². The molecule has 0 saturated heterocycles. The summed E-state index contributed by atoms with van der Waals surface area (Å²) in [5.74, 6) is 0.690. The minimum Gasteiger partial charge on any atom is -0.409 e. The molecule has 3 N–H and O–H groups in total. The fourth-order valence-corrected chi connectivity index (χ4v) is 2.09. The lowest BCUT2D eigenvalue weighted by Gasteiger charge is -2.03. The minimum absolute atomic E-state index is 0.00145. The number of nitrogens with zero attached hydrogens (tertiary/aromatic N) is 4. The van der Waals surface area contributed by atoms with Crippen molar-refractivity contribution in [3.63, 3.8) is 0 Å². The van der Waals surface area contributed by atoms with Gasteiger partial charge in [0.1, 0.15) is 5.69 Å². The van der Waals surface area contributed by atoms with Crippen molar-refractivity contribution in [2.24, 2.45) is 10.9 Å². The number of thioether (sulfide) groups is 1. The van der Waals surface area contributed by atoms with Gasteiger partial charge in [0.2, 0.25) is 0 Å². The van der Waals surface area contributed by atoms with E-state index in [1.54, 1.807) is 24.7 Å². The molecule has 0 amide bonds. The van der Waals surface area contributed by atoms with E-state index in [1.165, 1.54) is 11.8 Å². The van der Waals surface area contributed by atoms with E-state index in [-0.39, 0.29) is 5.84 Å². The largest absolute Gasteiger partial charge is 0.409 e. The van der Waals surface area contributed by atoms with E-state index in [0.29, 0.717) is 16.6 Å². The highest BCUT2D eigenvalue weighted by Gasteiger charge is 2.04. The van der Waals surface area contributed by atoms with Crippen LogP contribution in [0.4, 0.5) is 0 Å². The average Bonchev–Trinajstić information content (AvgIpc) is 2.46. The van der Waals surface area contributed by atoms with E-state index in [9.17, 15) is 0 Å². The molecule has 19 heavy (non-hydrogen) atoms. The topological polar surface area (TPSA) is 97.3 Å². The average molecular weight is 275 g/mol. The maximum Gasteiger partial charge on any atom is 0.188 e. The van der Waals surface area contributed by atoms with Crippen LogP contribution in [-0.2, 0) is 5.75 Å². The van der Waals surface area contributed by atoms with Gasteiger partial charge in [0, 0.05) is 24.3 Å². The zero-order valence-electron chi connectivity index (χ0n) is 10.3. The van der Waals surface area contributed by atoms with Gasteiger partial charge in [-0.25, -0.2) is 9.97 Å². The van der Waals surface area contributed by atoms with Gasteiger partial charge in [-0.3, -0.25) is 4.98 Å². The van der Waals surface area contributed by atoms with E-state index < -0.39 is 0 Å². The molecule has 0 aliphatic rings. The highest BCUT2D eigenvalue weighted by Crippen LogP contribution is 2.18. The Morgan fingerprint density at radius 2 is 2.11 bits per heavy atom. The Morgan fingerprint density at radius 3 is 2.79 bits per heavy atom. The second-order valence-corrected chi connectivity index (χ2v) is 4.81. The molecule has 0 aliphatic heterocycles. The van der Waals surface area contributed by atoms with E-state index in [4.69, 9.17) is 10.9 Å². The van der Waals surface area contributed by atoms with Crippen LogP contribution in [0.3, 0.4) is 0 Å². The second-order valence-electron chi connectivity index (χ2n) is 3.87. The molecular weight excluding hydrogens is 262 g/mol. The summed E-state index contributed by atoms with van der Waals surface area (Å²) >= 11 is 1.52. The fourth-order valence-electron chi connectivity index (χ4n) is 1.36. The van der Waals surface area contributed by atoms with Gasteiger partial charge in [0.05, 0.1) is 0 Å². The van der Waals surface area contributed by atoms with E-state index in [2.05, 4.69) is 20.1 Å². The Bertz CT molecular complexity index is 585. The van der Waals surface area contributed by atoms with Crippen molar-refractivity contribution in [3.05, 3.63) is 47.5 Å². The molecule has 2 rings (SSSR count). The Kier molecular flexibility index (Phi) is 4.30. The van der Waals surface area contributed by atoms with Crippen LogP contribution in [0, 0.1) is 6.92 Å². The third-order valence-electron chi connectivity index (χ3n) is 2.32. The molecule has 98 valence electrons. The molecule has 0 atom stereocenters. The number of pyridine rings is 1. The van der Waals surface area contributed by atoms with Gasteiger partial charge in [-0.05, 0) is 30.2 Å². The molecule has 6 nitrogen and oxygen atoms in total. The highest BCUT2D eigenvalue weighted by atomic mass is 32.2. The molecule has 0 unspecified atom stereocenters. The Balaban J connectivity index is 2.05. The summed E-state index contributed by atoms with van der Waals surface area (Å²) in [6.45, 7) is 1.95. The van der Waals surface area contributed by atoms with E-state index in [1.807, 2.05) is 13.0 Å². The van der Waals surface area contributed by atoms with Gasteiger partial charge in [-0.1, -0.05) is 16.9 Å². The third-order valence-corrected chi connectivity index (χ3v) is 3.27. The van der Waals surface area contributed by atoms with E-state index in [0.717, 1.165) is 11.1 Å². The summed E-state index contributed by atoms with van der Waals surface area (Å²) < 4.78 is 0. The highest BCUT2D eigenvalue weighted by molar-refractivity contribution is 7.98. The summed E-state index contributed by atoms with van der Waals surface area (Å²) in [5.41, 5.74) is 7.98. The molecule has 0 fully saturated rings. The standard InChI is InChI=1S/C12H13N5OS/c1-8-5-15-12(16-6-8)19-7-9-2-3-14-10(4-9)11(13)17-18/h2-6,18H,7H2,1H3,(H2,13,17). The van der Waals surface area contributed by atoms with E-state index >= 15 is 0 Å². The number of oxime groups is 1. The van der Waals surface area contributed by atoms with Gasteiger partial charge < -0.3 is 10.9 Å². The maximum absolute atomic E-state index is 8.61. The van der Waals surface area contributed by atoms with Crippen LogP contribution in [0.5, 0.6) is 0 Å². The van der Waals surface area contributed by atoms with Crippen molar-refractivity contribution in [2.45, 2.75) is 17.8 Å². The van der Waals surface area contributed by atoms with Gasteiger partial charge in [-0.2, -0.15) is 0 Å². The van der Waals surface area contributed by atoms with Crippen LogP contribution < -0.4 is 5.73 Å². The smallest absolute Gasteiger partial charge is 0.188 e. The third kappa shape index (κ3) is 3.65. The van der Waals surface area contributed by atoms with Crippen LogP contribution in [-0.4, -0.2) is 26.0 Å². The first-order chi connectivity index (χ1) is 9.19. The SMILES string of the molecule is Cc1cnc(SCc2ccnc(C(N)=NO)c2)nc1. The molecule has 7 heteroatoms. The lowest BCUT2D eigenvalue weighted by atomic mass is 10.2. The first-order valence-corrected chi connectivity index (χ1v) is 6.52. The molecule has 0 radical (unpaired) electrons. The van der Waals surface area contributed by atoms with Crippen LogP contribution in [0.15, 0.2) is 41.0 Å². The monoisotopic (exact) mass is 275 g/mol. The van der Waals surface area contributed by atoms with Crippen molar-refractivity contribution in [2.75, 3.05) is 0 Å². The van der Waals surface area contributed by atoms with Crippen molar-refractivity contribution >= 4 is 17.6 Å². The number of amidine groups is 1. The fraction of sp³-hybridized carbons (Fsp3) is 0.167. The molecule has 0 aromatic carbocycles. The molecule has 2 heterocycles. The molecule has 0 saturated carbocycles. The molecule has 0 spiro atoms. The molecular formula is C12H13N5OS. The zero-order chi connectivity index (χ0) is 13.7. The normalized spacial score (nSPS) is 11.5. The van der Waals surface area contributed by atoms with Crippen molar-refractivity contribution in [1.82, 2.24) is 15.0 Å². The predicted octanol–water partition coefficient (Wildman–Crippen LogP) is 1.57.